The van der Waals surface area contributed by atoms with Crippen LogP contribution >= 0.6 is 0 Å². The summed E-state index contributed by atoms with van der Waals surface area (Å²) in [5.74, 6) is 0.674. The lowest BCUT2D eigenvalue weighted by atomic mass is 10.4. The number of aromatic amines is 2. The summed E-state index contributed by atoms with van der Waals surface area (Å²) in [5, 5.41) is 10.1. The number of fused-ring (bicyclic) bond motifs is 1. The van der Waals surface area contributed by atoms with Gasteiger partial charge in [-0.15, -0.1) is 5.10 Å². The van der Waals surface area contributed by atoms with Crippen LogP contribution in [0.2, 0.25) is 0 Å². The van der Waals surface area contributed by atoms with Crippen LogP contribution in [0, 0.1) is 0 Å². The van der Waals surface area contributed by atoms with Gasteiger partial charge in [0.15, 0.2) is 11.5 Å². The van der Waals surface area contributed by atoms with Gasteiger partial charge in [-0.2, -0.15) is 0 Å². The molecule has 0 aliphatic carbocycles. The summed E-state index contributed by atoms with van der Waals surface area (Å²) >= 11 is 0. The first kappa shape index (κ1) is 7.19. The molecule has 0 spiro atoms. The van der Waals surface area contributed by atoms with Crippen LogP contribution in [0.5, 0.6) is 0 Å². The Hall–Kier alpha value is -2.24. The number of nitrogens with zero attached hydrogens (tertiary/aromatic N) is 4. The van der Waals surface area contributed by atoms with Crippen LogP contribution in [0.25, 0.3) is 22.7 Å². The molecule has 0 aliphatic rings. The molecular formula is C8H6N6. The van der Waals surface area contributed by atoms with Crippen LogP contribution in [0.4, 0.5) is 0 Å². The van der Waals surface area contributed by atoms with Crippen LogP contribution in [-0.4, -0.2) is 30.4 Å². The van der Waals surface area contributed by atoms with E-state index in [4.69, 9.17) is 0 Å². The van der Waals surface area contributed by atoms with Crippen molar-refractivity contribution in [3.63, 3.8) is 0 Å². The maximum atomic E-state index is 4.27. The van der Waals surface area contributed by atoms with Gasteiger partial charge in [-0.05, 0) is 12.1 Å². The van der Waals surface area contributed by atoms with Gasteiger partial charge in [-0.3, -0.25) is 5.10 Å². The number of H-pyrrole nitrogens is 2. The maximum absolute atomic E-state index is 4.27. The van der Waals surface area contributed by atoms with Crippen LogP contribution in [0.1, 0.15) is 0 Å². The number of nitrogens with one attached hydrogen (secondary N) is 2. The normalized spacial score (nSPS) is 10.9. The Labute approximate surface area is 78.4 Å². The molecule has 2 N–H and O–H groups in total. The summed E-state index contributed by atoms with van der Waals surface area (Å²) in [6.45, 7) is 0. The van der Waals surface area contributed by atoms with Crippen molar-refractivity contribution < 1.29 is 0 Å². The highest BCUT2D eigenvalue weighted by atomic mass is 15.3. The van der Waals surface area contributed by atoms with Crippen molar-refractivity contribution >= 4 is 11.2 Å². The highest BCUT2D eigenvalue weighted by Crippen LogP contribution is 2.15. The Bertz CT molecular complexity index is 519. The first-order valence-electron chi connectivity index (χ1n) is 4.11. The molecule has 0 atom stereocenters. The highest BCUT2D eigenvalue weighted by molar-refractivity contribution is 5.74. The molecule has 68 valence electrons. The molecule has 0 saturated heterocycles. The molecule has 0 aliphatic heterocycles. The molecule has 0 aromatic carbocycles. The van der Waals surface area contributed by atoms with E-state index in [1.165, 1.54) is 0 Å². The molecule has 6 nitrogen and oxygen atoms in total. The third-order valence-electron chi connectivity index (χ3n) is 1.92. The van der Waals surface area contributed by atoms with E-state index in [0.29, 0.717) is 17.2 Å². The minimum Gasteiger partial charge on any atom is -0.335 e. The zero-order chi connectivity index (χ0) is 9.38. The number of aromatic nitrogens is 6. The molecule has 3 rings (SSSR count). The van der Waals surface area contributed by atoms with E-state index >= 15 is 0 Å². The largest absolute Gasteiger partial charge is 0.335 e. The van der Waals surface area contributed by atoms with Gasteiger partial charge in [0, 0.05) is 6.20 Å². The number of pyridine rings is 1. The average molecular weight is 186 g/mol. The summed E-state index contributed by atoms with van der Waals surface area (Å²) in [6, 6.07) is 3.77. The van der Waals surface area contributed by atoms with E-state index in [-0.39, 0.29) is 0 Å². The Morgan fingerprint density at radius 3 is 3.07 bits per heavy atom. The summed E-state index contributed by atoms with van der Waals surface area (Å²) in [5.41, 5.74) is 2.26. The molecule has 0 unspecified atom stereocenters. The third kappa shape index (κ3) is 0.972. The zero-order valence-corrected chi connectivity index (χ0v) is 7.10. The van der Waals surface area contributed by atoms with Crippen molar-refractivity contribution in [1.82, 2.24) is 30.4 Å². The molecule has 3 aromatic heterocycles. The van der Waals surface area contributed by atoms with Crippen molar-refractivity contribution in [1.29, 1.82) is 0 Å². The minimum atomic E-state index is 0.674. The van der Waals surface area contributed by atoms with Crippen molar-refractivity contribution in [3.8, 4) is 11.5 Å². The van der Waals surface area contributed by atoms with E-state index in [9.17, 15) is 0 Å². The zero-order valence-electron chi connectivity index (χ0n) is 7.10. The first-order chi connectivity index (χ1) is 6.93. The molecule has 0 saturated carbocycles. The molecule has 0 bridgehead atoms. The van der Waals surface area contributed by atoms with E-state index in [0.717, 1.165) is 5.52 Å². The van der Waals surface area contributed by atoms with Gasteiger partial charge in [0.1, 0.15) is 5.69 Å². The van der Waals surface area contributed by atoms with Gasteiger partial charge < -0.3 is 4.98 Å². The van der Waals surface area contributed by atoms with E-state index in [2.05, 4.69) is 30.4 Å². The summed E-state index contributed by atoms with van der Waals surface area (Å²) in [6.07, 6.45) is 3.38. The Morgan fingerprint density at radius 2 is 2.29 bits per heavy atom. The number of rotatable bonds is 1. The van der Waals surface area contributed by atoms with E-state index < -0.39 is 0 Å². The fourth-order valence-electron chi connectivity index (χ4n) is 1.28. The standard InChI is InChI=1S/C8H6N6/c1-2-5-7(9-3-1)12-8(11-5)6-4-10-14-13-6/h1-4H,(H,9,11,12)(H,10,13,14). The fraction of sp³-hybridized carbons (Fsp3) is 0. The highest BCUT2D eigenvalue weighted by Gasteiger charge is 2.06. The predicted octanol–water partition coefficient (Wildman–Crippen LogP) is 0.743. The molecule has 0 radical (unpaired) electrons. The van der Waals surface area contributed by atoms with Crippen molar-refractivity contribution in [2.75, 3.05) is 0 Å². The second kappa shape index (κ2) is 2.63. The number of imidazole rings is 1. The smallest absolute Gasteiger partial charge is 0.178 e. The SMILES string of the molecule is c1cnc2nc(-c3c[nH]nn3)[nH]c2c1. The van der Waals surface area contributed by atoms with Gasteiger partial charge in [-0.25, -0.2) is 9.97 Å². The van der Waals surface area contributed by atoms with Gasteiger partial charge in [0.25, 0.3) is 0 Å². The first-order valence-corrected chi connectivity index (χ1v) is 4.11. The van der Waals surface area contributed by atoms with Crippen LogP contribution in [0.3, 0.4) is 0 Å². The van der Waals surface area contributed by atoms with Crippen molar-refractivity contribution in [3.05, 3.63) is 24.5 Å². The van der Waals surface area contributed by atoms with E-state index in [1.807, 2.05) is 12.1 Å². The maximum Gasteiger partial charge on any atom is 0.178 e. The van der Waals surface area contributed by atoms with Crippen molar-refractivity contribution in [2.45, 2.75) is 0 Å². The Kier molecular flexibility index (Phi) is 1.35. The van der Waals surface area contributed by atoms with Crippen LogP contribution in [0.15, 0.2) is 24.5 Å². The molecule has 3 aromatic rings. The van der Waals surface area contributed by atoms with Gasteiger partial charge in [-0.1, -0.05) is 5.21 Å². The molecule has 0 amide bonds. The molecular weight excluding hydrogens is 180 g/mol. The molecule has 3 heterocycles. The average Bonchev–Trinajstić information content (AvgIpc) is 2.86. The lowest BCUT2D eigenvalue weighted by Gasteiger charge is -1.82. The number of hydrogen-bond donors (Lipinski definition) is 2. The lowest BCUT2D eigenvalue weighted by molar-refractivity contribution is 0.940. The lowest BCUT2D eigenvalue weighted by Crippen LogP contribution is -1.79. The second-order valence-electron chi connectivity index (χ2n) is 2.82. The summed E-state index contributed by atoms with van der Waals surface area (Å²) in [7, 11) is 0. The molecule has 0 fully saturated rings. The van der Waals surface area contributed by atoms with Crippen LogP contribution in [-0.2, 0) is 0 Å². The monoisotopic (exact) mass is 186 g/mol. The number of hydrogen-bond acceptors (Lipinski definition) is 4. The molecule has 6 heteroatoms. The van der Waals surface area contributed by atoms with Crippen molar-refractivity contribution in [2.24, 2.45) is 0 Å². The Balaban J connectivity index is 2.24. The quantitative estimate of drug-likeness (QED) is 0.587. The topological polar surface area (TPSA) is 83.1 Å². The van der Waals surface area contributed by atoms with Gasteiger partial charge >= 0.3 is 0 Å². The Morgan fingerprint density at radius 1 is 1.29 bits per heavy atom. The van der Waals surface area contributed by atoms with Crippen LogP contribution < -0.4 is 0 Å². The molecule has 14 heavy (non-hydrogen) atoms. The van der Waals surface area contributed by atoms with Gasteiger partial charge in [0.05, 0.1) is 11.7 Å². The van der Waals surface area contributed by atoms with E-state index in [1.54, 1.807) is 12.4 Å². The predicted molar refractivity (Wildman–Crippen MR) is 49.3 cm³/mol. The van der Waals surface area contributed by atoms with Gasteiger partial charge in [0.2, 0.25) is 0 Å². The summed E-state index contributed by atoms with van der Waals surface area (Å²) < 4.78 is 0. The fourth-order valence-corrected chi connectivity index (χ4v) is 1.28. The second-order valence-corrected chi connectivity index (χ2v) is 2.82. The third-order valence-corrected chi connectivity index (χ3v) is 1.92. The minimum absolute atomic E-state index is 0.674. The summed E-state index contributed by atoms with van der Waals surface area (Å²) in [4.78, 5) is 11.5.